The van der Waals surface area contributed by atoms with Crippen LogP contribution in [0.4, 0.5) is 0 Å². The highest BCUT2D eigenvalue weighted by molar-refractivity contribution is 9.10. The number of aromatic carboxylic acids is 1. The summed E-state index contributed by atoms with van der Waals surface area (Å²) in [5, 5.41) is 11.4. The molecule has 1 aromatic heterocycles. The Hall–Kier alpha value is -2.08. The van der Waals surface area contributed by atoms with Crippen LogP contribution in [-0.2, 0) is 6.54 Å². The number of hydrogen-bond acceptors (Lipinski definition) is 3. The van der Waals surface area contributed by atoms with Gasteiger partial charge in [0.2, 0.25) is 0 Å². The molecule has 0 bridgehead atoms. The van der Waals surface area contributed by atoms with E-state index in [0.29, 0.717) is 6.54 Å². The number of nitrogens with one attached hydrogen (secondary N) is 1. The molecule has 0 fully saturated rings. The molecule has 0 atom stereocenters. The van der Waals surface area contributed by atoms with Crippen molar-refractivity contribution in [1.29, 1.82) is 0 Å². The summed E-state index contributed by atoms with van der Waals surface area (Å²) in [6.45, 7) is 0.323. The molecule has 1 aromatic carbocycles. The van der Waals surface area contributed by atoms with Gasteiger partial charge in [0.1, 0.15) is 6.26 Å². The van der Waals surface area contributed by atoms with Crippen LogP contribution >= 0.6 is 15.9 Å². The Bertz CT molecular complexity index is 621. The normalized spacial score (nSPS) is 10.2. The van der Waals surface area contributed by atoms with E-state index in [2.05, 4.69) is 21.2 Å². The van der Waals surface area contributed by atoms with E-state index in [1.54, 1.807) is 0 Å². The van der Waals surface area contributed by atoms with E-state index >= 15 is 0 Å². The zero-order valence-electron chi connectivity index (χ0n) is 9.72. The quantitative estimate of drug-likeness (QED) is 0.906. The molecule has 1 heterocycles. The van der Waals surface area contributed by atoms with Gasteiger partial charge in [0.15, 0.2) is 5.76 Å². The SMILES string of the molecule is O=C(O)c1coc(C(=O)NCc2ccccc2Br)c1. The molecule has 0 saturated carbocycles. The predicted octanol–water partition coefficient (Wildman–Crippen LogP) is 2.67. The number of benzene rings is 1. The highest BCUT2D eigenvalue weighted by atomic mass is 79.9. The highest BCUT2D eigenvalue weighted by Crippen LogP contribution is 2.15. The zero-order chi connectivity index (χ0) is 13.8. The fourth-order valence-electron chi connectivity index (χ4n) is 1.47. The Labute approximate surface area is 117 Å². The minimum absolute atomic E-state index is 0.0237. The summed E-state index contributed by atoms with van der Waals surface area (Å²) in [5.74, 6) is -1.61. The molecule has 19 heavy (non-hydrogen) atoms. The van der Waals surface area contributed by atoms with E-state index in [9.17, 15) is 9.59 Å². The van der Waals surface area contributed by atoms with Crippen molar-refractivity contribution in [3.05, 3.63) is 58.0 Å². The number of carbonyl (C=O) groups is 2. The molecular formula is C13H10BrNO4. The van der Waals surface area contributed by atoms with E-state index in [4.69, 9.17) is 9.52 Å². The summed E-state index contributed by atoms with van der Waals surface area (Å²) in [6, 6.07) is 8.67. The lowest BCUT2D eigenvalue weighted by molar-refractivity contribution is 0.0696. The van der Waals surface area contributed by atoms with Gasteiger partial charge in [-0.05, 0) is 11.6 Å². The number of furan rings is 1. The van der Waals surface area contributed by atoms with Crippen LogP contribution in [0.2, 0.25) is 0 Å². The second-order valence-electron chi connectivity index (χ2n) is 3.78. The van der Waals surface area contributed by atoms with Gasteiger partial charge in [-0.2, -0.15) is 0 Å². The number of carboxylic acids is 1. The first kappa shape index (κ1) is 13.4. The van der Waals surface area contributed by atoms with E-state index in [1.165, 1.54) is 6.07 Å². The van der Waals surface area contributed by atoms with E-state index < -0.39 is 11.9 Å². The van der Waals surface area contributed by atoms with Gasteiger partial charge in [0, 0.05) is 17.1 Å². The first-order valence-electron chi connectivity index (χ1n) is 5.41. The van der Waals surface area contributed by atoms with Crippen LogP contribution in [0, 0.1) is 0 Å². The molecule has 2 aromatic rings. The van der Waals surface area contributed by atoms with Crippen LogP contribution in [0.3, 0.4) is 0 Å². The van der Waals surface area contributed by atoms with Gasteiger partial charge in [0.05, 0.1) is 5.56 Å². The predicted molar refractivity (Wildman–Crippen MR) is 71.0 cm³/mol. The van der Waals surface area contributed by atoms with Crippen molar-refractivity contribution in [1.82, 2.24) is 5.32 Å². The number of hydrogen-bond donors (Lipinski definition) is 2. The Kier molecular flexibility index (Phi) is 4.01. The number of amides is 1. The molecule has 0 saturated heterocycles. The lowest BCUT2D eigenvalue weighted by Crippen LogP contribution is -2.22. The second kappa shape index (κ2) is 5.71. The van der Waals surface area contributed by atoms with Crippen LogP contribution in [-0.4, -0.2) is 17.0 Å². The molecule has 2 N–H and O–H groups in total. The largest absolute Gasteiger partial charge is 0.478 e. The van der Waals surface area contributed by atoms with Gasteiger partial charge >= 0.3 is 5.97 Å². The number of carbonyl (C=O) groups excluding carboxylic acids is 1. The van der Waals surface area contributed by atoms with Gasteiger partial charge in [-0.1, -0.05) is 34.1 Å². The highest BCUT2D eigenvalue weighted by Gasteiger charge is 2.14. The monoisotopic (exact) mass is 323 g/mol. The third kappa shape index (κ3) is 3.23. The van der Waals surface area contributed by atoms with Crippen molar-refractivity contribution < 1.29 is 19.1 Å². The maximum atomic E-state index is 11.8. The van der Waals surface area contributed by atoms with Crippen molar-refractivity contribution in [2.45, 2.75) is 6.54 Å². The van der Waals surface area contributed by atoms with Crippen LogP contribution < -0.4 is 5.32 Å². The van der Waals surface area contributed by atoms with E-state index in [0.717, 1.165) is 16.3 Å². The van der Waals surface area contributed by atoms with Crippen LogP contribution in [0.1, 0.15) is 26.5 Å². The molecule has 0 spiro atoms. The Morgan fingerprint density at radius 1 is 1.32 bits per heavy atom. The molecule has 0 aliphatic carbocycles. The lowest BCUT2D eigenvalue weighted by atomic mass is 10.2. The zero-order valence-corrected chi connectivity index (χ0v) is 11.3. The van der Waals surface area contributed by atoms with E-state index in [1.807, 2.05) is 24.3 Å². The molecule has 0 unspecified atom stereocenters. The molecule has 1 amide bonds. The summed E-state index contributed by atoms with van der Waals surface area (Å²) >= 11 is 3.37. The van der Waals surface area contributed by atoms with Crippen molar-refractivity contribution in [3.8, 4) is 0 Å². The Morgan fingerprint density at radius 3 is 2.68 bits per heavy atom. The summed E-state index contributed by atoms with van der Waals surface area (Å²) in [7, 11) is 0. The third-order valence-electron chi connectivity index (χ3n) is 2.47. The van der Waals surface area contributed by atoms with Crippen molar-refractivity contribution in [3.63, 3.8) is 0 Å². The molecule has 6 heteroatoms. The average Bonchev–Trinajstić information content (AvgIpc) is 2.87. The van der Waals surface area contributed by atoms with Gasteiger partial charge in [-0.15, -0.1) is 0 Å². The molecular weight excluding hydrogens is 314 g/mol. The summed E-state index contributed by atoms with van der Waals surface area (Å²) in [4.78, 5) is 22.4. The third-order valence-corrected chi connectivity index (χ3v) is 3.24. The summed E-state index contributed by atoms with van der Waals surface area (Å²) in [5.41, 5.74) is 0.868. The number of rotatable bonds is 4. The number of carboxylic acid groups (broad SMARTS) is 1. The van der Waals surface area contributed by atoms with Crippen molar-refractivity contribution in [2.75, 3.05) is 0 Å². The van der Waals surface area contributed by atoms with Gasteiger partial charge in [-0.25, -0.2) is 4.79 Å². The molecule has 98 valence electrons. The lowest BCUT2D eigenvalue weighted by Gasteiger charge is -2.05. The first-order valence-corrected chi connectivity index (χ1v) is 6.20. The molecule has 5 nitrogen and oxygen atoms in total. The fraction of sp³-hybridized carbons (Fsp3) is 0.0769. The molecule has 0 radical (unpaired) electrons. The molecule has 2 rings (SSSR count). The van der Waals surface area contributed by atoms with Crippen molar-refractivity contribution >= 4 is 27.8 Å². The maximum Gasteiger partial charge on any atom is 0.338 e. The first-order chi connectivity index (χ1) is 9.08. The minimum atomic E-state index is -1.13. The molecule has 0 aliphatic rings. The van der Waals surface area contributed by atoms with Crippen LogP contribution in [0.5, 0.6) is 0 Å². The van der Waals surface area contributed by atoms with Crippen LogP contribution in [0.25, 0.3) is 0 Å². The van der Waals surface area contributed by atoms with Gasteiger partial charge in [0.25, 0.3) is 5.91 Å². The van der Waals surface area contributed by atoms with Gasteiger partial charge < -0.3 is 14.8 Å². The Balaban J connectivity index is 2.01. The Morgan fingerprint density at radius 2 is 2.05 bits per heavy atom. The minimum Gasteiger partial charge on any atom is -0.478 e. The maximum absolute atomic E-state index is 11.8. The van der Waals surface area contributed by atoms with Gasteiger partial charge in [-0.3, -0.25) is 4.79 Å². The topological polar surface area (TPSA) is 79.5 Å². The van der Waals surface area contributed by atoms with Crippen LogP contribution in [0.15, 0.2) is 45.5 Å². The standard InChI is InChI=1S/C13H10BrNO4/c14-10-4-2-1-3-8(10)6-15-12(16)11-5-9(7-19-11)13(17)18/h1-5,7H,6H2,(H,15,16)(H,17,18). The summed E-state index contributed by atoms with van der Waals surface area (Å²) in [6.07, 6.45) is 1.04. The second-order valence-corrected chi connectivity index (χ2v) is 4.63. The smallest absolute Gasteiger partial charge is 0.338 e. The van der Waals surface area contributed by atoms with Crippen molar-refractivity contribution in [2.24, 2.45) is 0 Å². The number of halogens is 1. The molecule has 0 aliphatic heterocycles. The van der Waals surface area contributed by atoms with E-state index in [-0.39, 0.29) is 11.3 Å². The summed E-state index contributed by atoms with van der Waals surface area (Å²) < 4.78 is 5.79. The average molecular weight is 324 g/mol. The fourth-order valence-corrected chi connectivity index (χ4v) is 1.90.